The molecule has 0 aliphatic carbocycles. The van der Waals surface area contributed by atoms with E-state index in [2.05, 4.69) is 20.9 Å². The number of anilines is 2. The van der Waals surface area contributed by atoms with Gasteiger partial charge in [-0.2, -0.15) is 13.2 Å². The molecule has 40 heavy (non-hydrogen) atoms. The molecule has 0 bridgehead atoms. The molecule has 1 saturated heterocycles. The van der Waals surface area contributed by atoms with Crippen LogP contribution in [0.4, 0.5) is 29.1 Å². The third-order valence-electron chi connectivity index (χ3n) is 6.94. The van der Waals surface area contributed by atoms with Gasteiger partial charge in [0.2, 0.25) is 0 Å². The quantitative estimate of drug-likeness (QED) is 0.330. The minimum absolute atomic E-state index is 0.0322. The minimum atomic E-state index is -4.42. The number of halogens is 4. The number of nitrogens with zero attached hydrogens (tertiary/aromatic N) is 2. The molecule has 1 amide bonds. The summed E-state index contributed by atoms with van der Waals surface area (Å²) in [4.78, 5) is 18.9. The van der Waals surface area contributed by atoms with Crippen LogP contribution in [0, 0.1) is 5.82 Å². The van der Waals surface area contributed by atoms with Gasteiger partial charge in [0.25, 0.3) is 5.91 Å². The van der Waals surface area contributed by atoms with Crippen LogP contribution in [0.15, 0.2) is 54.7 Å². The average molecular weight is 560 g/mol. The molecule has 0 radical (unpaired) electrons. The second kappa shape index (κ2) is 11.7. The number of aliphatic hydroxyl groups excluding tert-OH is 1. The summed E-state index contributed by atoms with van der Waals surface area (Å²) in [6, 6.07) is 10.8. The van der Waals surface area contributed by atoms with Crippen molar-refractivity contribution in [2.75, 3.05) is 43.1 Å². The largest absolute Gasteiger partial charge is 0.491 e. The van der Waals surface area contributed by atoms with E-state index in [9.17, 15) is 27.5 Å². The molecule has 1 unspecified atom stereocenters. The molecule has 8 nitrogen and oxygen atoms in total. The zero-order valence-corrected chi connectivity index (χ0v) is 21.5. The lowest BCUT2D eigenvalue weighted by atomic mass is 10.0. The lowest BCUT2D eigenvalue weighted by molar-refractivity contribution is -0.137. The first-order valence-corrected chi connectivity index (χ1v) is 12.9. The van der Waals surface area contributed by atoms with E-state index in [1.54, 1.807) is 24.3 Å². The fourth-order valence-corrected chi connectivity index (χ4v) is 4.85. The normalized spacial score (nSPS) is 19.0. The number of carbonyl (C=O) groups excluding carboxylic acids is 1. The molecule has 3 heterocycles. The van der Waals surface area contributed by atoms with Gasteiger partial charge in [-0.25, -0.2) is 9.37 Å². The Hall–Kier alpha value is -3.90. The van der Waals surface area contributed by atoms with Crippen LogP contribution in [0.2, 0.25) is 0 Å². The molecule has 1 aromatic heterocycles. The van der Waals surface area contributed by atoms with Crippen molar-refractivity contribution in [2.45, 2.75) is 31.2 Å². The van der Waals surface area contributed by atoms with Crippen LogP contribution >= 0.6 is 0 Å². The van der Waals surface area contributed by atoms with Crippen LogP contribution in [-0.4, -0.2) is 60.9 Å². The van der Waals surface area contributed by atoms with Gasteiger partial charge in [-0.05, 0) is 47.9 Å². The summed E-state index contributed by atoms with van der Waals surface area (Å²) < 4.78 is 59.6. The van der Waals surface area contributed by atoms with Crippen LogP contribution < -0.4 is 25.6 Å². The number of amides is 1. The highest BCUT2D eigenvalue weighted by atomic mass is 19.4. The molecule has 3 aromatic rings. The molecule has 2 aliphatic heterocycles. The Morgan fingerprint density at radius 2 is 2.05 bits per heavy atom. The van der Waals surface area contributed by atoms with Crippen LogP contribution in [0.3, 0.4) is 0 Å². The van der Waals surface area contributed by atoms with Gasteiger partial charge in [0.05, 0.1) is 29.5 Å². The fourth-order valence-electron chi connectivity index (χ4n) is 4.85. The number of aliphatic hydroxyl groups is 1. The molecular weight excluding hydrogens is 530 g/mol. The Labute approximate surface area is 228 Å². The highest BCUT2D eigenvalue weighted by Crippen LogP contribution is 2.33. The van der Waals surface area contributed by atoms with Crippen molar-refractivity contribution in [3.63, 3.8) is 0 Å². The number of rotatable bonds is 7. The summed E-state index contributed by atoms with van der Waals surface area (Å²) in [5.74, 6) is 0.219. The number of hydrogen-bond acceptors (Lipinski definition) is 7. The maximum atomic E-state index is 15.0. The number of ether oxygens (including phenoxy) is 1. The third-order valence-corrected chi connectivity index (χ3v) is 6.94. The molecule has 5 rings (SSSR count). The standard InChI is InChI=1S/C28H29F4N5O3/c29-23-10-19-9-21(16-40-25(19)11-24(23)37-7-6-33-22(14-37)15-38)36-27(39)18-4-5-26(35-13-18)34-12-17-2-1-3-20(8-17)28(30,31)32/h1-5,8,10-11,13,21-22,33,38H,6-7,9,12,14-16H2,(H,34,35)(H,36,39)/t21-,22?/m0/s1. The van der Waals surface area contributed by atoms with Crippen molar-refractivity contribution < 1.29 is 32.2 Å². The Morgan fingerprint density at radius 3 is 2.80 bits per heavy atom. The monoisotopic (exact) mass is 559 g/mol. The molecule has 1 fully saturated rings. The molecule has 0 spiro atoms. The predicted octanol–water partition coefficient (Wildman–Crippen LogP) is 3.36. The summed E-state index contributed by atoms with van der Waals surface area (Å²) in [5, 5.41) is 18.5. The molecule has 212 valence electrons. The van der Waals surface area contributed by atoms with E-state index in [0.717, 1.165) is 12.1 Å². The van der Waals surface area contributed by atoms with Crippen LogP contribution in [0.25, 0.3) is 0 Å². The molecule has 4 N–H and O–H groups in total. The van der Waals surface area contributed by atoms with E-state index in [4.69, 9.17) is 4.74 Å². The van der Waals surface area contributed by atoms with Crippen molar-refractivity contribution >= 4 is 17.4 Å². The number of pyridine rings is 1. The maximum absolute atomic E-state index is 15.0. The summed E-state index contributed by atoms with van der Waals surface area (Å²) in [6.45, 7) is 2.05. The second-order valence-corrected chi connectivity index (χ2v) is 9.86. The summed E-state index contributed by atoms with van der Waals surface area (Å²) in [6.07, 6.45) is -2.65. The van der Waals surface area contributed by atoms with E-state index in [1.165, 1.54) is 18.3 Å². The van der Waals surface area contributed by atoms with Crippen molar-refractivity contribution in [3.8, 4) is 5.75 Å². The molecule has 0 saturated carbocycles. The first-order valence-electron chi connectivity index (χ1n) is 12.9. The number of aromatic nitrogens is 1. The van der Waals surface area contributed by atoms with E-state index >= 15 is 0 Å². The zero-order chi connectivity index (χ0) is 28.3. The lowest BCUT2D eigenvalue weighted by Crippen LogP contribution is -2.52. The molecule has 2 aliphatic rings. The topological polar surface area (TPSA) is 98.8 Å². The van der Waals surface area contributed by atoms with Crippen LogP contribution in [0.5, 0.6) is 5.75 Å². The van der Waals surface area contributed by atoms with Gasteiger partial charge in [-0.15, -0.1) is 0 Å². The Balaban J connectivity index is 1.16. The SMILES string of the molecule is O=C(N[C@@H]1COc2cc(N3CCNC(CO)C3)c(F)cc2C1)c1ccc(NCc2cccc(C(F)(F)F)c2)nc1. The van der Waals surface area contributed by atoms with Gasteiger partial charge in [0.15, 0.2) is 0 Å². The summed E-state index contributed by atoms with van der Waals surface area (Å²) in [7, 11) is 0. The van der Waals surface area contributed by atoms with E-state index in [1.807, 2.05) is 4.90 Å². The Bertz CT molecular complexity index is 1350. The van der Waals surface area contributed by atoms with Crippen molar-refractivity contribution in [1.29, 1.82) is 0 Å². The van der Waals surface area contributed by atoms with E-state index < -0.39 is 11.7 Å². The van der Waals surface area contributed by atoms with Crippen LogP contribution in [-0.2, 0) is 19.1 Å². The minimum Gasteiger partial charge on any atom is -0.491 e. The fraction of sp³-hybridized carbons (Fsp3) is 0.357. The highest BCUT2D eigenvalue weighted by Gasteiger charge is 2.30. The van der Waals surface area contributed by atoms with E-state index in [-0.39, 0.29) is 43.6 Å². The Morgan fingerprint density at radius 1 is 1.20 bits per heavy atom. The van der Waals surface area contributed by atoms with Gasteiger partial charge in [-0.3, -0.25) is 4.79 Å². The Kier molecular flexibility index (Phi) is 8.08. The number of benzene rings is 2. The maximum Gasteiger partial charge on any atom is 0.416 e. The average Bonchev–Trinajstić information content (AvgIpc) is 2.95. The zero-order valence-electron chi connectivity index (χ0n) is 21.5. The molecule has 2 atom stereocenters. The molecule has 12 heteroatoms. The van der Waals surface area contributed by atoms with Crippen molar-refractivity contribution in [1.82, 2.24) is 15.6 Å². The van der Waals surface area contributed by atoms with E-state index in [0.29, 0.717) is 60.0 Å². The number of hydrogen-bond donors (Lipinski definition) is 4. The number of piperazine rings is 1. The third kappa shape index (κ3) is 6.45. The number of fused-ring (bicyclic) bond motifs is 1. The number of alkyl halides is 3. The van der Waals surface area contributed by atoms with Gasteiger partial charge in [0.1, 0.15) is 24.0 Å². The summed E-state index contributed by atoms with van der Waals surface area (Å²) in [5.41, 5.74) is 1.10. The number of carbonyl (C=O) groups is 1. The van der Waals surface area contributed by atoms with Gasteiger partial charge in [0, 0.05) is 44.5 Å². The van der Waals surface area contributed by atoms with Gasteiger partial charge in [-0.1, -0.05) is 12.1 Å². The molecular formula is C28H29F4N5O3. The molecule has 2 aromatic carbocycles. The lowest BCUT2D eigenvalue weighted by Gasteiger charge is -2.35. The number of nitrogens with one attached hydrogen (secondary N) is 3. The van der Waals surface area contributed by atoms with Gasteiger partial charge >= 0.3 is 6.18 Å². The smallest absolute Gasteiger partial charge is 0.416 e. The first-order chi connectivity index (χ1) is 19.2. The van der Waals surface area contributed by atoms with Crippen LogP contribution in [0.1, 0.15) is 27.0 Å². The van der Waals surface area contributed by atoms with Gasteiger partial charge < -0.3 is 30.7 Å². The summed E-state index contributed by atoms with van der Waals surface area (Å²) >= 11 is 0. The van der Waals surface area contributed by atoms with Crippen molar-refractivity contribution in [2.24, 2.45) is 0 Å². The second-order valence-electron chi connectivity index (χ2n) is 9.86. The highest BCUT2D eigenvalue weighted by molar-refractivity contribution is 5.94. The first kappa shape index (κ1) is 27.7. The predicted molar refractivity (Wildman–Crippen MR) is 141 cm³/mol. The van der Waals surface area contributed by atoms with Crippen molar-refractivity contribution in [3.05, 3.63) is 82.8 Å².